The molecule has 25 nitrogen and oxygen atoms in total. The number of amides is 7. The van der Waals surface area contributed by atoms with Crippen LogP contribution in [0.1, 0.15) is 57.8 Å². The highest BCUT2D eigenvalue weighted by molar-refractivity contribution is 5.99. The van der Waals surface area contributed by atoms with E-state index in [0.29, 0.717) is 12.8 Å². The molecule has 0 aromatic rings. The first kappa shape index (κ1) is 48.4. The fraction of sp³-hybridized carbons (Fsp3) is 0.677. The quantitative estimate of drug-likeness (QED) is 0.0219. The molecule has 0 aromatic carbocycles. The average Bonchev–Trinajstić information content (AvgIpc) is 3.63. The standard InChI is InChI=1S/C31H54N12O13/c32-8-2-1-5-16(38-27(52)19(12-23(47)48)41-26(51)18(11-22(34)46)40-24(49)15(33)13-44)25(50)39-17(6-3-9-37-31(35)36)29(54)43-10-4-7-21(43)28(53)42-20(14-45)30(55)56/h15-21,44-45H,1-14,32-33H2,(H2,34,46)(H,38,52)(H,39,50)(H,40,49)(H,41,51)(H,42,53)(H,47,48)(H,55,56)(H4,35,36,37)/t15-,16-,17-,18-,19-,20-,21-/m0/s1. The summed E-state index contributed by atoms with van der Waals surface area (Å²) in [5.41, 5.74) is 27.0. The summed E-state index contributed by atoms with van der Waals surface area (Å²) < 4.78 is 0. The summed E-state index contributed by atoms with van der Waals surface area (Å²) in [7, 11) is 0. The van der Waals surface area contributed by atoms with Crippen LogP contribution in [0, 0.1) is 0 Å². The van der Waals surface area contributed by atoms with Crippen molar-refractivity contribution in [3.05, 3.63) is 0 Å². The number of primary amides is 1. The number of nitrogens with two attached hydrogens (primary N) is 5. The third kappa shape index (κ3) is 16.8. The lowest BCUT2D eigenvalue weighted by molar-refractivity contribution is -0.146. The van der Waals surface area contributed by atoms with Crippen LogP contribution in [0.25, 0.3) is 0 Å². The minimum Gasteiger partial charge on any atom is -0.481 e. The minimum absolute atomic E-state index is 0.0268. The lowest BCUT2D eigenvalue weighted by Crippen LogP contribution is -2.60. The molecule has 7 atom stereocenters. The Hall–Kier alpha value is -5.66. The number of aliphatic hydroxyl groups is 2. The fourth-order valence-electron chi connectivity index (χ4n) is 5.45. The average molecular weight is 803 g/mol. The number of carbonyl (C=O) groups excluding carboxylic acids is 7. The Kier molecular flexibility index (Phi) is 21.3. The number of aliphatic carboxylic acids is 2. The van der Waals surface area contributed by atoms with Gasteiger partial charge in [-0.05, 0) is 51.5 Å². The molecule has 0 spiro atoms. The summed E-state index contributed by atoms with van der Waals surface area (Å²) in [5, 5.41) is 48.6. The van der Waals surface area contributed by atoms with E-state index in [9.17, 15) is 58.5 Å². The Morgan fingerprint density at radius 2 is 1.25 bits per heavy atom. The molecule has 0 saturated carbocycles. The van der Waals surface area contributed by atoms with E-state index in [4.69, 9.17) is 33.8 Å². The second-order valence-electron chi connectivity index (χ2n) is 12.8. The van der Waals surface area contributed by atoms with Gasteiger partial charge in [-0.2, -0.15) is 0 Å². The summed E-state index contributed by atoms with van der Waals surface area (Å²) in [4.78, 5) is 119. The van der Waals surface area contributed by atoms with Crippen molar-refractivity contribution in [2.75, 3.05) is 32.8 Å². The maximum atomic E-state index is 13.9. The molecule has 1 rings (SSSR count). The molecule has 1 aliphatic heterocycles. The summed E-state index contributed by atoms with van der Waals surface area (Å²) in [5.74, 6) is -10.4. The van der Waals surface area contributed by atoms with Crippen LogP contribution in [0.5, 0.6) is 0 Å². The van der Waals surface area contributed by atoms with E-state index in [1.165, 1.54) is 0 Å². The minimum atomic E-state index is -1.89. The van der Waals surface area contributed by atoms with Gasteiger partial charge in [-0.1, -0.05) is 0 Å². The Morgan fingerprint density at radius 1 is 0.696 bits per heavy atom. The van der Waals surface area contributed by atoms with Crippen LogP contribution in [-0.2, 0) is 43.2 Å². The van der Waals surface area contributed by atoms with E-state index in [0.717, 1.165) is 4.90 Å². The lowest BCUT2D eigenvalue weighted by atomic mass is 10.0. The van der Waals surface area contributed by atoms with Gasteiger partial charge in [0.05, 0.1) is 26.1 Å². The van der Waals surface area contributed by atoms with Crippen molar-refractivity contribution < 1.29 is 63.6 Å². The molecule has 0 bridgehead atoms. The largest absolute Gasteiger partial charge is 0.481 e. The Labute approximate surface area is 320 Å². The van der Waals surface area contributed by atoms with Crippen molar-refractivity contribution in [1.29, 1.82) is 0 Å². The number of guanidine groups is 1. The lowest BCUT2D eigenvalue weighted by Gasteiger charge is -2.30. The van der Waals surface area contributed by atoms with E-state index in [1.54, 1.807) is 0 Å². The molecule has 1 fully saturated rings. The van der Waals surface area contributed by atoms with Crippen LogP contribution < -0.4 is 55.3 Å². The first-order valence-electron chi connectivity index (χ1n) is 17.6. The monoisotopic (exact) mass is 802 g/mol. The predicted molar refractivity (Wildman–Crippen MR) is 193 cm³/mol. The smallest absolute Gasteiger partial charge is 0.328 e. The van der Waals surface area contributed by atoms with Crippen molar-refractivity contribution in [1.82, 2.24) is 31.5 Å². The number of hydrogen-bond donors (Lipinski definition) is 14. The second-order valence-corrected chi connectivity index (χ2v) is 12.8. The van der Waals surface area contributed by atoms with Gasteiger partial charge < -0.3 is 80.6 Å². The van der Waals surface area contributed by atoms with Gasteiger partial charge in [-0.15, -0.1) is 0 Å². The molecule has 25 heteroatoms. The third-order valence-electron chi connectivity index (χ3n) is 8.36. The first-order chi connectivity index (χ1) is 26.4. The topological polar surface area (TPSA) is 440 Å². The summed E-state index contributed by atoms with van der Waals surface area (Å²) >= 11 is 0. The van der Waals surface area contributed by atoms with Crippen LogP contribution >= 0.6 is 0 Å². The van der Waals surface area contributed by atoms with Crippen LogP contribution in [0.4, 0.5) is 0 Å². The van der Waals surface area contributed by atoms with Crippen molar-refractivity contribution >= 4 is 59.2 Å². The SMILES string of the molecule is NCCCC[C@H](NC(=O)[C@H](CC(=O)O)NC(=O)[C@H](CC(N)=O)NC(=O)[C@@H](N)CO)C(=O)N[C@@H](CCCN=C(N)N)C(=O)N1CCC[C@H]1C(=O)N[C@@H](CO)C(=O)O. The van der Waals surface area contributed by atoms with Gasteiger partial charge in [0.25, 0.3) is 0 Å². The molecule has 1 heterocycles. The molecule has 0 aromatic heterocycles. The Morgan fingerprint density at radius 3 is 1.79 bits per heavy atom. The zero-order valence-corrected chi connectivity index (χ0v) is 30.7. The number of aliphatic imine (C=N–C) groups is 1. The number of aliphatic hydroxyl groups excluding tert-OH is 2. The first-order valence-corrected chi connectivity index (χ1v) is 17.6. The molecule has 1 saturated heterocycles. The zero-order chi connectivity index (χ0) is 42.5. The number of unbranched alkanes of at least 4 members (excludes halogenated alkanes) is 1. The number of carboxylic acid groups (broad SMARTS) is 2. The molecule has 56 heavy (non-hydrogen) atoms. The van der Waals surface area contributed by atoms with Gasteiger partial charge >= 0.3 is 11.9 Å². The molecular formula is C31H54N12O13. The summed E-state index contributed by atoms with van der Waals surface area (Å²) in [6.07, 6.45) is -0.803. The second kappa shape index (κ2) is 24.7. The summed E-state index contributed by atoms with van der Waals surface area (Å²) in [6, 6.07) is -10.8. The van der Waals surface area contributed by atoms with E-state index in [1.807, 2.05) is 0 Å². The zero-order valence-electron chi connectivity index (χ0n) is 30.7. The highest BCUT2D eigenvalue weighted by atomic mass is 16.4. The van der Waals surface area contributed by atoms with Crippen molar-refractivity contribution in [3.63, 3.8) is 0 Å². The number of carbonyl (C=O) groups is 9. The molecule has 0 radical (unpaired) electrons. The Bertz CT molecular complexity index is 1440. The van der Waals surface area contributed by atoms with Gasteiger partial charge in [0.15, 0.2) is 5.96 Å². The molecule has 19 N–H and O–H groups in total. The maximum absolute atomic E-state index is 13.9. The number of hydrogen-bond acceptors (Lipinski definition) is 14. The predicted octanol–water partition coefficient (Wildman–Crippen LogP) is -7.67. The number of carboxylic acids is 2. The third-order valence-corrected chi connectivity index (χ3v) is 8.36. The van der Waals surface area contributed by atoms with E-state index >= 15 is 0 Å². The number of rotatable bonds is 26. The number of nitrogens with one attached hydrogen (secondary N) is 5. The molecule has 0 aliphatic carbocycles. The molecule has 1 aliphatic rings. The summed E-state index contributed by atoms with van der Waals surface area (Å²) in [6.45, 7) is -1.48. The van der Waals surface area contributed by atoms with Crippen LogP contribution in [0.3, 0.4) is 0 Å². The van der Waals surface area contributed by atoms with Gasteiger partial charge in [0.1, 0.15) is 42.3 Å². The van der Waals surface area contributed by atoms with E-state index in [-0.39, 0.29) is 57.7 Å². The van der Waals surface area contributed by atoms with Crippen LogP contribution in [0.2, 0.25) is 0 Å². The highest BCUT2D eigenvalue weighted by Crippen LogP contribution is 2.20. The van der Waals surface area contributed by atoms with Crippen molar-refractivity contribution in [3.8, 4) is 0 Å². The van der Waals surface area contributed by atoms with Gasteiger partial charge in [-0.3, -0.25) is 43.3 Å². The number of nitrogens with zero attached hydrogens (tertiary/aromatic N) is 2. The van der Waals surface area contributed by atoms with Gasteiger partial charge in [0, 0.05) is 13.1 Å². The van der Waals surface area contributed by atoms with Crippen LogP contribution in [-0.4, -0.2) is 160 Å². The molecule has 0 unspecified atom stereocenters. The van der Waals surface area contributed by atoms with Gasteiger partial charge in [0.2, 0.25) is 41.4 Å². The molecule has 7 amide bonds. The normalized spacial score (nSPS) is 16.8. The van der Waals surface area contributed by atoms with E-state index in [2.05, 4.69) is 31.6 Å². The fourth-order valence-corrected chi connectivity index (χ4v) is 5.45. The van der Waals surface area contributed by atoms with Gasteiger partial charge in [-0.25, -0.2) is 4.79 Å². The molecule has 316 valence electrons. The Balaban J connectivity index is 3.39. The van der Waals surface area contributed by atoms with Crippen molar-refractivity contribution in [2.24, 2.45) is 33.7 Å². The van der Waals surface area contributed by atoms with Crippen molar-refractivity contribution in [2.45, 2.75) is 100 Å². The van der Waals surface area contributed by atoms with Crippen LogP contribution in [0.15, 0.2) is 4.99 Å². The maximum Gasteiger partial charge on any atom is 0.328 e. The van der Waals surface area contributed by atoms with E-state index < -0.39 is 122 Å². The highest BCUT2D eigenvalue weighted by Gasteiger charge is 2.40. The molecular weight excluding hydrogens is 748 g/mol. The number of likely N-dealkylation sites (tertiary alicyclic amines) is 1.